The second kappa shape index (κ2) is 7.39. The average molecular weight is 250 g/mol. The van der Waals surface area contributed by atoms with Crippen LogP contribution in [0.2, 0.25) is 0 Å². The molecule has 1 aromatic rings. The Hall–Kier alpha value is -1.06. The molecular weight excluding hydrogens is 224 g/mol. The van der Waals surface area contributed by atoms with Gasteiger partial charge in [-0.1, -0.05) is 26.0 Å². The number of rotatable bonds is 7. The van der Waals surface area contributed by atoms with E-state index in [9.17, 15) is 0 Å². The summed E-state index contributed by atoms with van der Waals surface area (Å²) in [4.78, 5) is 2.30. The van der Waals surface area contributed by atoms with Gasteiger partial charge in [-0.15, -0.1) is 0 Å². The Kier molecular flexibility index (Phi) is 6.16. The highest BCUT2D eigenvalue weighted by Crippen LogP contribution is 2.18. The van der Waals surface area contributed by atoms with Crippen LogP contribution in [0.5, 0.6) is 5.75 Å². The monoisotopic (exact) mass is 250 g/mol. The zero-order valence-corrected chi connectivity index (χ0v) is 12.0. The van der Waals surface area contributed by atoms with Crippen LogP contribution in [0.1, 0.15) is 31.9 Å². The Morgan fingerprint density at radius 2 is 2.06 bits per heavy atom. The Labute approximate surface area is 111 Å². The van der Waals surface area contributed by atoms with Gasteiger partial charge in [0.1, 0.15) is 5.75 Å². The minimum Gasteiger partial charge on any atom is -0.497 e. The molecule has 1 atom stereocenters. The quantitative estimate of drug-likeness (QED) is 0.808. The standard InChI is InChI=1S/C15H26N2O/c1-12(2)8-9-17(3)11-15(16)13-6-5-7-14(10-13)18-4/h5-7,10,12,15H,8-9,11,16H2,1-4H3. The molecule has 0 aromatic heterocycles. The number of benzene rings is 1. The second-order valence-electron chi connectivity index (χ2n) is 5.33. The van der Waals surface area contributed by atoms with Crippen molar-refractivity contribution in [3.05, 3.63) is 29.8 Å². The first-order valence-electron chi connectivity index (χ1n) is 6.61. The lowest BCUT2D eigenvalue weighted by atomic mass is 10.1. The zero-order chi connectivity index (χ0) is 13.5. The van der Waals surface area contributed by atoms with Crippen LogP contribution in [0.15, 0.2) is 24.3 Å². The normalized spacial score (nSPS) is 13.1. The maximum atomic E-state index is 6.23. The summed E-state index contributed by atoms with van der Waals surface area (Å²) in [7, 11) is 3.81. The Morgan fingerprint density at radius 1 is 1.33 bits per heavy atom. The summed E-state index contributed by atoms with van der Waals surface area (Å²) in [5.74, 6) is 1.60. The fraction of sp³-hybridized carbons (Fsp3) is 0.600. The lowest BCUT2D eigenvalue weighted by Crippen LogP contribution is -2.30. The van der Waals surface area contributed by atoms with Gasteiger partial charge >= 0.3 is 0 Å². The van der Waals surface area contributed by atoms with Crippen molar-refractivity contribution < 1.29 is 4.74 Å². The molecule has 18 heavy (non-hydrogen) atoms. The van der Waals surface area contributed by atoms with Gasteiger partial charge in [0.2, 0.25) is 0 Å². The molecule has 0 radical (unpaired) electrons. The molecule has 0 saturated heterocycles. The first kappa shape index (κ1) is 15.0. The van der Waals surface area contributed by atoms with Crippen LogP contribution in [0.3, 0.4) is 0 Å². The lowest BCUT2D eigenvalue weighted by molar-refractivity contribution is 0.292. The first-order chi connectivity index (χ1) is 8.52. The molecule has 0 amide bonds. The van der Waals surface area contributed by atoms with E-state index < -0.39 is 0 Å². The van der Waals surface area contributed by atoms with Gasteiger partial charge in [0, 0.05) is 12.6 Å². The summed E-state index contributed by atoms with van der Waals surface area (Å²) in [6, 6.07) is 8.04. The summed E-state index contributed by atoms with van der Waals surface area (Å²) in [6.07, 6.45) is 1.21. The van der Waals surface area contributed by atoms with Crippen LogP contribution in [0.25, 0.3) is 0 Å². The summed E-state index contributed by atoms with van der Waals surface area (Å²) < 4.78 is 5.22. The molecule has 0 saturated carbocycles. The van der Waals surface area contributed by atoms with Gasteiger partial charge in [-0.05, 0) is 43.6 Å². The van der Waals surface area contributed by atoms with Crippen molar-refractivity contribution in [2.24, 2.45) is 11.7 Å². The van der Waals surface area contributed by atoms with Crippen molar-refractivity contribution in [1.29, 1.82) is 0 Å². The Morgan fingerprint density at radius 3 is 2.67 bits per heavy atom. The molecule has 0 aliphatic heterocycles. The van der Waals surface area contributed by atoms with Crippen molar-refractivity contribution in [3.8, 4) is 5.75 Å². The molecule has 102 valence electrons. The predicted octanol–water partition coefficient (Wildman–Crippen LogP) is 2.67. The van der Waals surface area contributed by atoms with Crippen molar-refractivity contribution in [1.82, 2.24) is 4.90 Å². The van der Waals surface area contributed by atoms with Gasteiger partial charge in [0.15, 0.2) is 0 Å². The molecule has 1 rings (SSSR count). The number of nitrogens with zero attached hydrogens (tertiary/aromatic N) is 1. The maximum absolute atomic E-state index is 6.23. The van der Waals surface area contributed by atoms with Gasteiger partial charge in [-0.2, -0.15) is 0 Å². The van der Waals surface area contributed by atoms with Gasteiger partial charge in [0.25, 0.3) is 0 Å². The molecule has 0 spiro atoms. The SMILES string of the molecule is COc1cccc(C(N)CN(C)CCC(C)C)c1. The maximum Gasteiger partial charge on any atom is 0.119 e. The number of hydrogen-bond acceptors (Lipinski definition) is 3. The molecule has 0 fully saturated rings. The molecule has 3 heteroatoms. The highest BCUT2D eigenvalue weighted by Gasteiger charge is 2.10. The minimum absolute atomic E-state index is 0.0391. The Bertz CT molecular complexity index is 352. The zero-order valence-electron chi connectivity index (χ0n) is 12.0. The topological polar surface area (TPSA) is 38.5 Å². The van der Waals surface area contributed by atoms with E-state index in [0.717, 1.165) is 30.3 Å². The first-order valence-corrected chi connectivity index (χ1v) is 6.61. The van der Waals surface area contributed by atoms with E-state index in [2.05, 4.69) is 31.9 Å². The third kappa shape index (κ3) is 5.07. The molecule has 2 N–H and O–H groups in total. The van der Waals surface area contributed by atoms with Crippen LogP contribution < -0.4 is 10.5 Å². The summed E-state index contributed by atoms with van der Waals surface area (Å²) in [6.45, 7) is 6.46. The summed E-state index contributed by atoms with van der Waals surface area (Å²) in [5, 5.41) is 0. The molecular formula is C15H26N2O. The highest BCUT2D eigenvalue weighted by molar-refractivity contribution is 5.30. The third-order valence-corrected chi connectivity index (χ3v) is 3.12. The third-order valence-electron chi connectivity index (χ3n) is 3.12. The lowest BCUT2D eigenvalue weighted by Gasteiger charge is -2.22. The number of ether oxygens (including phenoxy) is 1. The largest absolute Gasteiger partial charge is 0.497 e. The van der Waals surface area contributed by atoms with Crippen LogP contribution >= 0.6 is 0 Å². The van der Waals surface area contributed by atoms with Gasteiger partial charge in [0.05, 0.1) is 7.11 Å². The van der Waals surface area contributed by atoms with E-state index >= 15 is 0 Å². The van der Waals surface area contributed by atoms with Gasteiger partial charge in [-0.25, -0.2) is 0 Å². The fourth-order valence-corrected chi connectivity index (χ4v) is 1.88. The van der Waals surface area contributed by atoms with Crippen molar-refractivity contribution in [3.63, 3.8) is 0 Å². The minimum atomic E-state index is 0.0391. The Balaban J connectivity index is 2.50. The van der Waals surface area contributed by atoms with E-state index in [-0.39, 0.29) is 6.04 Å². The average Bonchev–Trinajstić information content (AvgIpc) is 2.36. The number of nitrogens with two attached hydrogens (primary N) is 1. The smallest absolute Gasteiger partial charge is 0.119 e. The van der Waals surface area contributed by atoms with E-state index in [1.807, 2.05) is 18.2 Å². The second-order valence-corrected chi connectivity index (χ2v) is 5.33. The fourth-order valence-electron chi connectivity index (χ4n) is 1.88. The van der Waals surface area contributed by atoms with Crippen LogP contribution in [0.4, 0.5) is 0 Å². The van der Waals surface area contributed by atoms with Crippen LogP contribution in [0, 0.1) is 5.92 Å². The van der Waals surface area contributed by atoms with Crippen LogP contribution in [-0.2, 0) is 0 Å². The van der Waals surface area contributed by atoms with Crippen molar-refractivity contribution in [2.75, 3.05) is 27.2 Å². The molecule has 0 aliphatic carbocycles. The molecule has 1 aromatic carbocycles. The molecule has 0 aliphatic rings. The number of likely N-dealkylation sites (N-methyl/N-ethyl adjacent to an activating group) is 1. The summed E-state index contributed by atoms with van der Waals surface area (Å²) >= 11 is 0. The van der Waals surface area contributed by atoms with E-state index in [1.165, 1.54) is 6.42 Å². The summed E-state index contributed by atoms with van der Waals surface area (Å²) in [5.41, 5.74) is 7.36. The van der Waals surface area contributed by atoms with E-state index in [1.54, 1.807) is 7.11 Å². The van der Waals surface area contributed by atoms with E-state index in [0.29, 0.717) is 0 Å². The predicted molar refractivity (Wildman–Crippen MR) is 76.9 cm³/mol. The molecule has 0 bridgehead atoms. The van der Waals surface area contributed by atoms with Gasteiger partial charge in [-0.3, -0.25) is 0 Å². The van der Waals surface area contributed by atoms with E-state index in [4.69, 9.17) is 10.5 Å². The van der Waals surface area contributed by atoms with Crippen molar-refractivity contribution in [2.45, 2.75) is 26.3 Å². The molecule has 0 heterocycles. The van der Waals surface area contributed by atoms with Gasteiger partial charge < -0.3 is 15.4 Å². The van der Waals surface area contributed by atoms with Crippen molar-refractivity contribution >= 4 is 0 Å². The molecule has 1 unspecified atom stereocenters. The number of methoxy groups -OCH3 is 1. The highest BCUT2D eigenvalue weighted by atomic mass is 16.5. The number of hydrogen-bond donors (Lipinski definition) is 1. The molecule has 3 nitrogen and oxygen atoms in total. The van der Waals surface area contributed by atoms with Crippen LogP contribution in [-0.4, -0.2) is 32.1 Å².